The van der Waals surface area contributed by atoms with Gasteiger partial charge in [0.05, 0.1) is 18.3 Å². The first-order chi connectivity index (χ1) is 8.73. The molecule has 0 aliphatic carbocycles. The van der Waals surface area contributed by atoms with Gasteiger partial charge in [-0.1, -0.05) is 0 Å². The van der Waals surface area contributed by atoms with E-state index in [-0.39, 0.29) is 16.2 Å². The molecule has 0 saturated carbocycles. The minimum Gasteiger partial charge on any atom is -0.377 e. The van der Waals surface area contributed by atoms with E-state index in [2.05, 4.69) is 5.32 Å². The topological polar surface area (TPSA) is 72.5 Å². The third-order valence-electron chi connectivity index (χ3n) is 2.30. The first-order valence-corrected chi connectivity index (χ1v) is 8.85. The van der Waals surface area contributed by atoms with Crippen molar-refractivity contribution in [3.05, 3.63) is 16.5 Å². The molecule has 0 spiro atoms. The summed E-state index contributed by atoms with van der Waals surface area (Å²) in [6, 6.07) is 0. The van der Waals surface area contributed by atoms with E-state index in [1.165, 1.54) is 5.38 Å². The lowest BCUT2D eigenvalue weighted by atomic mass is 10.2. The Bertz CT molecular complexity index is 551. The molecule has 1 rings (SSSR count). The third kappa shape index (κ3) is 4.76. The molecule has 0 saturated heterocycles. The van der Waals surface area contributed by atoms with Crippen LogP contribution in [0.1, 0.15) is 29.8 Å². The molecule has 19 heavy (non-hydrogen) atoms. The fourth-order valence-corrected chi connectivity index (χ4v) is 3.97. The van der Waals surface area contributed by atoms with Crippen LogP contribution in [-0.2, 0) is 13.8 Å². The molecule has 0 unspecified atom stereocenters. The van der Waals surface area contributed by atoms with Crippen LogP contribution < -0.4 is 5.32 Å². The molecule has 1 N–H and O–H groups in total. The first kappa shape index (κ1) is 16.4. The zero-order chi connectivity index (χ0) is 14.6. The first-order valence-electron chi connectivity index (χ1n) is 5.66. The number of carbonyl (C=O) groups excluding carboxylic acids is 1. The molecule has 0 fully saturated rings. The fourth-order valence-electron chi connectivity index (χ4n) is 1.42. The zero-order valence-electron chi connectivity index (χ0n) is 10.9. The number of hydrogen-bond donors (Lipinski definition) is 1. The van der Waals surface area contributed by atoms with E-state index in [1.54, 1.807) is 6.92 Å². The smallest absolute Gasteiger partial charge is 0.271 e. The summed E-state index contributed by atoms with van der Waals surface area (Å²) >= 11 is 0.944. The van der Waals surface area contributed by atoms with Gasteiger partial charge >= 0.3 is 0 Å². The molecule has 1 heterocycles. The van der Waals surface area contributed by atoms with Crippen molar-refractivity contribution in [2.24, 2.45) is 0 Å². The van der Waals surface area contributed by atoms with Gasteiger partial charge in [-0.25, -0.2) is 8.42 Å². The molecule has 8 heteroatoms. The van der Waals surface area contributed by atoms with Gasteiger partial charge in [0.25, 0.3) is 15.0 Å². The Balaban J connectivity index is 2.66. The Morgan fingerprint density at radius 3 is 2.63 bits per heavy atom. The summed E-state index contributed by atoms with van der Waals surface area (Å²) in [5.74, 6) is -0.326. The van der Waals surface area contributed by atoms with Crippen LogP contribution in [0.4, 0.5) is 0 Å². The Morgan fingerprint density at radius 2 is 2.16 bits per heavy atom. The number of thiophene rings is 1. The number of nitrogens with one attached hydrogen (secondary N) is 1. The SMILES string of the molecule is Cc1c(C(=O)NCCOC(C)C)csc1S(=O)(=O)Cl. The van der Waals surface area contributed by atoms with Crippen molar-refractivity contribution < 1.29 is 17.9 Å². The lowest BCUT2D eigenvalue weighted by Gasteiger charge is -2.08. The Hall–Kier alpha value is -0.630. The van der Waals surface area contributed by atoms with Crippen molar-refractivity contribution >= 4 is 37.0 Å². The van der Waals surface area contributed by atoms with Crippen molar-refractivity contribution in [3.8, 4) is 0 Å². The summed E-state index contributed by atoms with van der Waals surface area (Å²) < 4.78 is 27.8. The average Bonchev–Trinajstić information content (AvgIpc) is 2.65. The van der Waals surface area contributed by atoms with Crippen LogP contribution in [-0.4, -0.2) is 33.6 Å². The molecule has 1 aromatic rings. The van der Waals surface area contributed by atoms with Crippen molar-refractivity contribution in [2.75, 3.05) is 13.2 Å². The molecule has 0 bridgehead atoms. The highest BCUT2D eigenvalue weighted by Gasteiger charge is 2.21. The Morgan fingerprint density at radius 1 is 1.53 bits per heavy atom. The number of ether oxygens (including phenoxy) is 1. The van der Waals surface area contributed by atoms with Crippen molar-refractivity contribution in [2.45, 2.75) is 31.1 Å². The molecular formula is C11H16ClNO4S2. The molecule has 0 aromatic carbocycles. The van der Waals surface area contributed by atoms with Crippen LogP contribution in [0.25, 0.3) is 0 Å². The van der Waals surface area contributed by atoms with Gasteiger partial charge in [-0.3, -0.25) is 4.79 Å². The van der Waals surface area contributed by atoms with Gasteiger partial charge in [0.1, 0.15) is 4.21 Å². The van der Waals surface area contributed by atoms with E-state index < -0.39 is 9.05 Å². The van der Waals surface area contributed by atoms with E-state index in [9.17, 15) is 13.2 Å². The van der Waals surface area contributed by atoms with E-state index in [0.29, 0.717) is 24.3 Å². The minimum atomic E-state index is -3.80. The van der Waals surface area contributed by atoms with Gasteiger partial charge in [0.2, 0.25) is 0 Å². The monoisotopic (exact) mass is 325 g/mol. The summed E-state index contributed by atoms with van der Waals surface area (Å²) in [6.07, 6.45) is 0.104. The number of halogens is 1. The van der Waals surface area contributed by atoms with Crippen molar-refractivity contribution in [1.29, 1.82) is 0 Å². The summed E-state index contributed by atoms with van der Waals surface area (Å²) in [5, 5.41) is 4.15. The predicted octanol–water partition coefficient (Wildman–Crippen LogP) is 2.14. The van der Waals surface area contributed by atoms with Gasteiger partial charge in [-0.2, -0.15) is 0 Å². The number of carbonyl (C=O) groups is 1. The van der Waals surface area contributed by atoms with Gasteiger partial charge in [0.15, 0.2) is 0 Å². The molecular weight excluding hydrogens is 310 g/mol. The summed E-state index contributed by atoms with van der Waals surface area (Å²) in [6.45, 7) is 6.15. The van der Waals surface area contributed by atoms with Gasteiger partial charge in [0, 0.05) is 22.6 Å². The highest BCUT2D eigenvalue weighted by atomic mass is 35.7. The van der Waals surface area contributed by atoms with Gasteiger partial charge in [-0.15, -0.1) is 11.3 Å². The van der Waals surface area contributed by atoms with Gasteiger partial charge < -0.3 is 10.1 Å². The Kier molecular flexibility index (Phi) is 5.79. The maximum atomic E-state index is 11.9. The molecule has 0 aliphatic rings. The minimum absolute atomic E-state index is 0.0118. The molecule has 1 amide bonds. The second-order valence-electron chi connectivity index (χ2n) is 4.18. The molecule has 0 atom stereocenters. The molecule has 1 aromatic heterocycles. The second kappa shape index (κ2) is 6.69. The number of amides is 1. The predicted molar refractivity (Wildman–Crippen MR) is 75.5 cm³/mol. The van der Waals surface area contributed by atoms with Crippen LogP contribution in [0, 0.1) is 6.92 Å². The lowest BCUT2D eigenvalue weighted by Crippen LogP contribution is -2.28. The molecule has 108 valence electrons. The van der Waals surface area contributed by atoms with Crippen LogP contribution >= 0.6 is 22.0 Å². The van der Waals surface area contributed by atoms with Crippen LogP contribution in [0.15, 0.2) is 9.59 Å². The van der Waals surface area contributed by atoms with Crippen molar-refractivity contribution in [1.82, 2.24) is 5.32 Å². The van der Waals surface area contributed by atoms with E-state index in [0.717, 1.165) is 11.3 Å². The standard InChI is InChI=1S/C11H16ClNO4S2/c1-7(2)17-5-4-13-10(14)9-6-18-11(8(9)3)19(12,15)16/h6-7H,4-5H2,1-3H3,(H,13,14). The maximum absolute atomic E-state index is 11.9. The van der Waals surface area contributed by atoms with Crippen LogP contribution in [0.5, 0.6) is 0 Å². The highest BCUT2D eigenvalue weighted by molar-refractivity contribution is 8.15. The lowest BCUT2D eigenvalue weighted by molar-refractivity contribution is 0.0746. The highest BCUT2D eigenvalue weighted by Crippen LogP contribution is 2.29. The zero-order valence-corrected chi connectivity index (χ0v) is 13.3. The number of rotatable bonds is 6. The second-order valence-corrected chi connectivity index (χ2v) is 7.82. The van der Waals surface area contributed by atoms with Crippen LogP contribution in [0.2, 0.25) is 0 Å². The maximum Gasteiger partial charge on any atom is 0.271 e. The summed E-state index contributed by atoms with van der Waals surface area (Å²) in [5.41, 5.74) is 0.705. The fraction of sp³-hybridized carbons (Fsp3) is 0.545. The molecule has 0 aliphatic heterocycles. The van der Waals surface area contributed by atoms with Crippen LogP contribution in [0.3, 0.4) is 0 Å². The third-order valence-corrected chi connectivity index (χ3v) is 5.61. The van der Waals surface area contributed by atoms with E-state index >= 15 is 0 Å². The molecule has 0 radical (unpaired) electrons. The average molecular weight is 326 g/mol. The quantitative estimate of drug-likeness (QED) is 0.642. The van der Waals surface area contributed by atoms with Gasteiger partial charge in [-0.05, 0) is 26.3 Å². The Labute approximate surface area is 121 Å². The van der Waals surface area contributed by atoms with E-state index in [4.69, 9.17) is 15.4 Å². The molecule has 5 nitrogen and oxygen atoms in total. The summed E-state index contributed by atoms with van der Waals surface area (Å²) in [4.78, 5) is 11.9. The summed E-state index contributed by atoms with van der Waals surface area (Å²) in [7, 11) is 1.48. The van der Waals surface area contributed by atoms with E-state index in [1.807, 2.05) is 13.8 Å². The number of hydrogen-bond acceptors (Lipinski definition) is 5. The van der Waals surface area contributed by atoms with Crippen molar-refractivity contribution in [3.63, 3.8) is 0 Å². The largest absolute Gasteiger partial charge is 0.377 e. The normalized spacial score (nSPS) is 11.8.